The van der Waals surface area contributed by atoms with Crippen LogP contribution < -0.4 is 61.9 Å². The second-order valence-corrected chi connectivity index (χ2v) is 37.7. The summed E-state index contributed by atoms with van der Waals surface area (Å²) in [5, 5.41) is 127. The number of ether oxygens (including phenoxy) is 8. The van der Waals surface area contributed by atoms with Crippen molar-refractivity contribution in [2.24, 2.45) is 53.1 Å². The number of aliphatic hydroxyl groups excluding tert-OH is 6. The van der Waals surface area contributed by atoms with Crippen molar-refractivity contribution in [1.29, 1.82) is 0 Å². The molecule has 712 valence electrons. The molecule has 18 N–H and O–H groups in total. The van der Waals surface area contributed by atoms with Gasteiger partial charge in [-0.3, -0.25) is 48.5 Å². The summed E-state index contributed by atoms with van der Waals surface area (Å²) in [5.41, 5.74) is 3.87. The number of phenols is 3. The SMILES string of the molecule is CCNCCOCc1cc(OCCNCC)cc(C(=O)NC(=O)C[C@@H]2CC(=O)[C@H](NC(=O)[C@H](CC)CC(C)C)[C@H](O)c3ccc(c(Cl)c3)Oc3cc4cc(c3O[C@@H]3O[C@H](CO)[C@@H](O)[C@H](O)[C@H]3O[C@H]3C[C@](C)(N)[C@H](O)[C@H](C)O3)Oc3ccc(cc3Cl)[C@@H](O)[C@@H]3NC(=O)[C@H](CC(=O)[C@@H]4NC2=O)c2ccc(O)c(c2)-c2c(O)cc(O)cc2[C@@H](C(=O)CC2C4CC5CC(C4)CC2C5)NC3=O)c1. The number of ketones is 3. The van der Waals surface area contributed by atoms with E-state index < -0.39 is 228 Å². The topological polar surface area (TPSA) is 520 Å². The molecule has 6 aromatic rings. The highest BCUT2D eigenvalue weighted by Gasteiger charge is 2.53. The quantitative estimate of drug-likeness (QED) is 0.0217. The number of nitrogens with two attached hydrogens (primary N) is 1. The molecule has 0 unspecified atom stereocenters. The van der Waals surface area contributed by atoms with E-state index >= 15 is 33.6 Å². The second-order valence-electron chi connectivity index (χ2n) is 36.9. The number of Topliss-reactive ketones (excluding diaryl/α,β-unsaturated/α-hetero) is 3. The lowest BCUT2D eigenvalue weighted by atomic mass is 9.51. The predicted octanol–water partition coefficient (Wildman–Crippen LogP) is 8.05. The zero-order valence-electron chi connectivity index (χ0n) is 74.5. The molecule has 6 aromatic carbocycles. The number of phenolic OH excluding ortho intramolecular Hbond substituents is 3. The summed E-state index contributed by atoms with van der Waals surface area (Å²) in [5.74, 6) is -17.3. The molecule has 15 bridgehead atoms. The minimum Gasteiger partial charge on any atom is -0.508 e. The van der Waals surface area contributed by atoms with Gasteiger partial charge in [0.25, 0.3) is 5.91 Å². The molecule has 6 fully saturated rings. The molecule has 6 amide bonds. The number of fused-ring (bicyclic) bond motifs is 15. The van der Waals surface area contributed by atoms with Gasteiger partial charge in [0, 0.05) is 79.4 Å². The first kappa shape index (κ1) is 98.0. The molecule has 4 aliphatic carbocycles. The van der Waals surface area contributed by atoms with Crippen LogP contribution in [0.4, 0.5) is 0 Å². The first-order valence-electron chi connectivity index (χ1n) is 45.3. The van der Waals surface area contributed by atoms with E-state index in [4.69, 9.17) is 66.8 Å². The molecule has 0 aromatic heterocycles. The zero-order chi connectivity index (χ0) is 94.6. The van der Waals surface area contributed by atoms with Crippen molar-refractivity contribution in [3.05, 3.63) is 146 Å². The molecule has 17 rings (SSSR count). The van der Waals surface area contributed by atoms with E-state index in [1.807, 2.05) is 27.7 Å². The molecule has 18 atom stereocenters. The lowest BCUT2D eigenvalue weighted by molar-refractivity contribution is -0.333. The van der Waals surface area contributed by atoms with Crippen molar-refractivity contribution >= 4 is 76.0 Å². The molecule has 2 saturated heterocycles. The van der Waals surface area contributed by atoms with E-state index in [-0.39, 0.29) is 129 Å². The van der Waals surface area contributed by atoms with E-state index in [0.717, 1.165) is 62.4 Å². The molecule has 132 heavy (non-hydrogen) atoms. The highest BCUT2D eigenvalue weighted by atomic mass is 35.5. The Hall–Kier alpha value is -9.99. The number of nitrogens with one attached hydrogen (secondary N) is 7. The number of benzene rings is 6. The van der Waals surface area contributed by atoms with Crippen LogP contribution in [-0.2, 0) is 63.9 Å². The summed E-state index contributed by atoms with van der Waals surface area (Å²) in [4.78, 5) is 142. The molecule has 7 heterocycles. The molecule has 11 aliphatic rings. The number of amides is 6. The number of imide groups is 1. The van der Waals surface area contributed by atoms with Crippen LogP contribution in [0.25, 0.3) is 11.1 Å². The van der Waals surface area contributed by atoms with Gasteiger partial charge in [-0.15, -0.1) is 0 Å². The van der Waals surface area contributed by atoms with Gasteiger partial charge in [0.05, 0.1) is 53.9 Å². The monoisotopic (exact) mass is 1870 g/mol. The Morgan fingerprint density at radius 2 is 1.33 bits per heavy atom. The van der Waals surface area contributed by atoms with Crippen molar-refractivity contribution in [2.45, 2.75) is 229 Å². The van der Waals surface area contributed by atoms with Gasteiger partial charge in [-0.25, -0.2) is 0 Å². The third kappa shape index (κ3) is 22.2. The van der Waals surface area contributed by atoms with E-state index in [9.17, 15) is 55.5 Å². The van der Waals surface area contributed by atoms with E-state index in [0.29, 0.717) is 50.0 Å². The van der Waals surface area contributed by atoms with Gasteiger partial charge < -0.3 is 121 Å². The Bertz CT molecular complexity index is 5260. The van der Waals surface area contributed by atoms with Gasteiger partial charge in [-0.05, 0) is 214 Å². The fourth-order valence-electron chi connectivity index (χ4n) is 20.1. The molecule has 34 nitrogen and oxygen atoms in total. The standard InChI is InChI=1S/C96H118Cl2N8O26/c1-8-49(21-44(4)5)90(120)105-81-68(111)33-57(36-76(114)102-91(121)56-27-48(43-125-19-17-100-9-2)28-59(29-56)126-20-18-101-10-3)92(122)103-79-55-34-73(128-71-15-12-51(83(81)115)31-64(71)97)87(132-95-88(86(118)85(117)75(42-107)130-95)131-77-41-96(7,99)89(119)45(6)127-77)74(35-55)129-72-16-13-52(32-65(72)98)84(116)82-94(124)104-80(70(113)39-60-53-23-46-22-47(25-53)26-54(60)24-46)63-37-58(108)38-67(110)78(63)62-30-50(11-14-66(62)109)61(40-69(79)112)93(123)106-82/h11-16,27-32,34-35,37-38,44-47,49,53-54,57,60-61,75,77,79-86,88-89,95,100-101,107-110,115-119H,8-10,17-26,33,36,39-43,99H2,1-7H3,(H,103,122)(H,104,124)(H,105,120)(H,106,123)(H,102,114,121)/t45-,46?,47?,49+,53?,54?,57-,60?,61+,75+,77-,79+,80-,81-,82-,83+,84+,85+,86-,88+,89+,95-,96-/m0/s1. The lowest BCUT2D eigenvalue weighted by Crippen LogP contribution is -2.64. The van der Waals surface area contributed by atoms with Crippen LogP contribution in [-0.4, -0.2) is 212 Å². The number of rotatable bonds is 27. The summed E-state index contributed by atoms with van der Waals surface area (Å²) in [6.45, 7) is 14.1. The number of carbonyl (C=O) groups is 9. The third-order valence-corrected chi connectivity index (χ3v) is 27.3. The molecule has 0 spiro atoms. The average Bonchev–Trinajstić information content (AvgIpc) is 0.753. The Labute approximate surface area is 773 Å². The Kier molecular flexibility index (Phi) is 31.4. The average molecular weight is 1870 g/mol. The Balaban J connectivity index is 0.958. The van der Waals surface area contributed by atoms with Gasteiger partial charge in [-0.1, -0.05) is 76.0 Å². The summed E-state index contributed by atoms with van der Waals surface area (Å²) in [6.07, 6.45) is -15.8. The Morgan fingerprint density at radius 3 is 1.95 bits per heavy atom. The second kappa shape index (κ2) is 42.3. The van der Waals surface area contributed by atoms with Crippen LogP contribution in [0, 0.1) is 47.3 Å². The highest BCUT2D eigenvalue weighted by molar-refractivity contribution is 6.32. The van der Waals surface area contributed by atoms with Crippen LogP contribution in [0.5, 0.6) is 51.7 Å². The maximum absolute atomic E-state index is 16.9. The molecular formula is C96H118Cl2N8O26. The lowest BCUT2D eigenvalue weighted by Gasteiger charge is -2.54. The van der Waals surface area contributed by atoms with Crippen molar-refractivity contribution < 1.29 is 127 Å². The number of hydrogen-bond acceptors (Lipinski definition) is 29. The fraction of sp³-hybridized carbons (Fsp3) is 0.531. The van der Waals surface area contributed by atoms with Gasteiger partial charge in [0.2, 0.25) is 41.6 Å². The minimum absolute atomic E-state index is 0.0107. The highest BCUT2D eigenvalue weighted by Crippen LogP contribution is 2.59. The van der Waals surface area contributed by atoms with Gasteiger partial charge in [0.1, 0.15) is 95.8 Å². The third-order valence-electron chi connectivity index (χ3n) is 26.8. The summed E-state index contributed by atoms with van der Waals surface area (Å²) < 4.78 is 51.4. The van der Waals surface area contributed by atoms with Crippen molar-refractivity contribution in [3.8, 4) is 62.9 Å². The summed E-state index contributed by atoms with van der Waals surface area (Å²) in [6, 6.07) is 11.6. The molecule has 0 radical (unpaired) electrons. The van der Waals surface area contributed by atoms with Crippen molar-refractivity contribution in [1.82, 2.24) is 37.2 Å². The van der Waals surface area contributed by atoms with Gasteiger partial charge in [0.15, 0.2) is 41.2 Å². The summed E-state index contributed by atoms with van der Waals surface area (Å²) in [7, 11) is 0. The minimum atomic E-state index is -2.28. The Morgan fingerprint density at radius 1 is 0.674 bits per heavy atom. The fourth-order valence-corrected chi connectivity index (χ4v) is 20.6. The number of aliphatic hydroxyl groups is 6. The normalized spacial score (nSPS) is 29.5. The number of carbonyl (C=O) groups excluding carboxylic acids is 9. The molecule has 36 heteroatoms. The van der Waals surface area contributed by atoms with E-state index in [2.05, 4.69) is 37.2 Å². The number of aromatic hydroxyl groups is 3. The van der Waals surface area contributed by atoms with Crippen molar-refractivity contribution in [3.63, 3.8) is 0 Å². The van der Waals surface area contributed by atoms with Crippen molar-refractivity contribution in [2.75, 3.05) is 46.0 Å². The predicted molar refractivity (Wildman–Crippen MR) is 477 cm³/mol. The number of likely N-dealkylation sites (N-methyl/N-ethyl adjacent to an activating group) is 2. The number of halogens is 2. The first-order chi connectivity index (χ1) is 63.0. The van der Waals surface area contributed by atoms with E-state index in [1.54, 1.807) is 13.0 Å². The van der Waals surface area contributed by atoms with Crippen LogP contribution >= 0.6 is 23.2 Å². The van der Waals surface area contributed by atoms with Crippen LogP contribution in [0.1, 0.15) is 199 Å². The van der Waals surface area contributed by atoms with Crippen LogP contribution in [0.2, 0.25) is 10.0 Å². The van der Waals surface area contributed by atoms with Crippen LogP contribution in [0.3, 0.4) is 0 Å². The summed E-state index contributed by atoms with van der Waals surface area (Å²) >= 11 is 14.7. The first-order valence-corrected chi connectivity index (χ1v) is 46.1. The number of hydrogen-bond donors (Lipinski definition) is 17. The maximum atomic E-state index is 16.9. The zero-order valence-corrected chi connectivity index (χ0v) is 76.0. The largest absolute Gasteiger partial charge is 0.508 e. The maximum Gasteiger partial charge on any atom is 0.257 e. The molecule has 4 saturated carbocycles. The van der Waals surface area contributed by atoms with Gasteiger partial charge >= 0.3 is 0 Å². The van der Waals surface area contributed by atoms with Gasteiger partial charge in [-0.2, -0.15) is 0 Å². The molecule has 7 aliphatic heterocycles. The van der Waals surface area contributed by atoms with Crippen LogP contribution in [0.15, 0.2) is 97.1 Å². The van der Waals surface area contributed by atoms with E-state index in [1.165, 1.54) is 74.5 Å². The molecular weight excluding hydrogens is 1750 g/mol. The smallest absolute Gasteiger partial charge is 0.257 e.